The van der Waals surface area contributed by atoms with E-state index in [0.717, 1.165) is 6.42 Å². The largest absolute Gasteiger partial charge is 0.315 e. The van der Waals surface area contributed by atoms with Crippen LogP contribution in [0.2, 0.25) is 0 Å². The molecule has 146 valence electrons. The second-order valence-electron chi connectivity index (χ2n) is 7.63. The van der Waals surface area contributed by atoms with Gasteiger partial charge in [-0.25, -0.2) is 12.8 Å². The molecule has 1 aromatic rings. The fourth-order valence-electron chi connectivity index (χ4n) is 4.28. The van der Waals surface area contributed by atoms with Crippen LogP contribution >= 0.6 is 11.8 Å². The first-order valence-electron chi connectivity index (χ1n) is 9.45. The van der Waals surface area contributed by atoms with Gasteiger partial charge in [-0.1, -0.05) is 43.5 Å². The topological polar surface area (TPSA) is 66.8 Å². The number of thioether (sulfide) groups is 1. The highest BCUT2D eigenvalue weighted by atomic mass is 32.2. The van der Waals surface area contributed by atoms with Crippen molar-refractivity contribution in [2.75, 3.05) is 16.4 Å². The number of carbonyl (C=O) groups is 1. The van der Waals surface area contributed by atoms with Gasteiger partial charge in [0, 0.05) is 17.4 Å². The molecule has 2 heterocycles. The summed E-state index contributed by atoms with van der Waals surface area (Å²) in [5.74, 6) is 0.136. The number of hydrogen-bond donors (Lipinski definition) is 0. The number of hydrogen-bond acceptors (Lipinski definition) is 4. The van der Waals surface area contributed by atoms with Crippen molar-refractivity contribution in [1.29, 1.82) is 0 Å². The van der Waals surface area contributed by atoms with E-state index in [2.05, 4.69) is 4.99 Å². The third-order valence-corrected chi connectivity index (χ3v) is 8.82. The van der Waals surface area contributed by atoms with E-state index in [1.165, 1.54) is 49.6 Å². The molecule has 27 heavy (non-hydrogen) atoms. The zero-order valence-corrected chi connectivity index (χ0v) is 16.6. The molecule has 2 saturated heterocycles. The fraction of sp³-hybridized carbons (Fsp3) is 0.579. The quantitative estimate of drug-likeness (QED) is 0.761. The lowest BCUT2D eigenvalue weighted by Gasteiger charge is -2.24. The molecule has 3 aliphatic rings. The van der Waals surface area contributed by atoms with E-state index >= 15 is 0 Å². The number of anilines is 1. The molecule has 3 fully saturated rings. The van der Waals surface area contributed by atoms with Gasteiger partial charge in [0.25, 0.3) is 0 Å². The molecular weight excluding hydrogens is 387 g/mol. The van der Waals surface area contributed by atoms with Gasteiger partial charge in [0.1, 0.15) is 5.82 Å². The number of carbonyl (C=O) groups excluding carboxylic acids is 1. The molecule has 0 bridgehead atoms. The minimum absolute atomic E-state index is 0.0104. The number of nitrogens with zero attached hydrogens (tertiary/aromatic N) is 2. The molecule has 2 atom stereocenters. The Morgan fingerprint density at radius 2 is 2.04 bits per heavy atom. The van der Waals surface area contributed by atoms with Crippen LogP contribution in [-0.4, -0.2) is 42.3 Å². The molecule has 0 aromatic heterocycles. The van der Waals surface area contributed by atoms with E-state index in [4.69, 9.17) is 0 Å². The first kappa shape index (κ1) is 18.9. The summed E-state index contributed by atoms with van der Waals surface area (Å²) in [4.78, 5) is 18.5. The number of halogens is 1. The normalized spacial score (nSPS) is 28.8. The van der Waals surface area contributed by atoms with Gasteiger partial charge >= 0.3 is 0 Å². The smallest absolute Gasteiger partial charge is 0.248 e. The zero-order chi connectivity index (χ0) is 19.0. The molecule has 1 aliphatic carbocycles. The van der Waals surface area contributed by atoms with Gasteiger partial charge in [0.2, 0.25) is 5.91 Å². The highest BCUT2D eigenvalue weighted by molar-refractivity contribution is 8.16. The van der Waals surface area contributed by atoms with Crippen molar-refractivity contribution in [2.45, 2.75) is 49.8 Å². The number of benzene rings is 1. The van der Waals surface area contributed by atoms with Crippen LogP contribution in [-0.2, 0) is 14.6 Å². The van der Waals surface area contributed by atoms with Gasteiger partial charge in [0.15, 0.2) is 15.0 Å². The van der Waals surface area contributed by atoms with E-state index in [9.17, 15) is 17.6 Å². The van der Waals surface area contributed by atoms with Gasteiger partial charge in [-0.3, -0.25) is 4.79 Å². The van der Waals surface area contributed by atoms with Crippen molar-refractivity contribution in [3.63, 3.8) is 0 Å². The van der Waals surface area contributed by atoms with E-state index in [1.807, 2.05) is 0 Å². The molecule has 4 rings (SSSR count). The highest BCUT2D eigenvalue weighted by Crippen LogP contribution is 2.41. The minimum atomic E-state index is -3.13. The Morgan fingerprint density at radius 3 is 2.78 bits per heavy atom. The SMILES string of the molecule is O=C(CCC1CCCC1)N=C1S[C@@H]2CS(=O)(=O)C[C@H]2N1c1cccc(F)c1. The van der Waals surface area contributed by atoms with Crippen LogP contribution in [0.25, 0.3) is 0 Å². The maximum Gasteiger partial charge on any atom is 0.248 e. The van der Waals surface area contributed by atoms with Crippen molar-refractivity contribution < 1.29 is 17.6 Å². The number of rotatable bonds is 4. The standard InChI is InChI=1S/C19H23FN2O3S2/c20-14-6-3-7-15(10-14)22-16-11-27(24,25)12-17(16)26-19(22)21-18(23)9-8-13-4-1-2-5-13/h3,6-7,10,13,16-17H,1-2,4-5,8-9,11-12H2/t16-,17-/m1/s1. The average Bonchev–Trinajstić information content (AvgIpc) is 3.27. The molecule has 0 radical (unpaired) electrons. The zero-order valence-electron chi connectivity index (χ0n) is 15.0. The molecule has 8 heteroatoms. The molecular formula is C19H23FN2O3S2. The lowest BCUT2D eigenvalue weighted by atomic mass is 10.0. The lowest BCUT2D eigenvalue weighted by molar-refractivity contribution is -0.118. The fourth-order valence-corrected chi connectivity index (χ4v) is 8.21. The monoisotopic (exact) mass is 410 g/mol. The van der Waals surface area contributed by atoms with Gasteiger partial charge in [-0.2, -0.15) is 4.99 Å². The predicted molar refractivity (Wildman–Crippen MR) is 106 cm³/mol. The Bertz CT molecular complexity index is 865. The van der Waals surface area contributed by atoms with E-state index in [1.54, 1.807) is 17.0 Å². The third kappa shape index (κ3) is 4.21. The van der Waals surface area contributed by atoms with E-state index in [0.29, 0.717) is 23.2 Å². The van der Waals surface area contributed by atoms with Crippen molar-refractivity contribution in [1.82, 2.24) is 0 Å². The highest BCUT2D eigenvalue weighted by Gasteiger charge is 2.49. The summed E-state index contributed by atoms with van der Waals surface area (Å²) in [6.45, 7) is 0. The predicted octanol–water partition coefficient (Wildman–Crippen LogP) is 3.40. The van der Waals surface area contributed by atoms with Crippen molar-refractivity contribution in [2.24, 2.45) is 10.9 Å². The van der Waals surface area contributed by atoms with Gasteiger partial charge in [0.05, 0.1) is 17.5 Å². The van der Waals surface area contributed by atoms with Crippen molar-refractivity contribution in [3.8, 4) is 0 Å². The summed E-state index contributed by atoms with van der Waals surface area (Å²) >= 11 is 1.33. The molecule has 1 aromatic carbocycles. The van der Waals surface area contributed by atoms with Crippen LogP contribution in [0, 0.1) is 11.7 Å². The third-order valence-electron chi connectivity index (χ3n) is 5.61. The Hall–Kier alpha value is -1.41. The van der Waals surface area contributed by atoms with Gasteiger partial charge in [-0.05, 0) is 30.5 Å². The summed E-state index contributed by atoms with van der Waals surface area (Å²) in [5, 5.41) is 0.335. The first-order chi connectivity index (χ1) is 12.9. The van der Waals surface area contributed by atoms with Crippen molar-refractivity contribution >= 4 is 38.4 Å². The molecule has 5 nitrogen and oxygen atoms in total. The lowest BCUT2D eigenvalue weighted by Crippen LogP contribution is -2.37. The van der Waals surface area contributed by atoms with Crippen LogP contribution < -0.4 is 4.90 Å². The van der Waals surface area contributed by atoms with Crippen LogP contribution in [0.5, 0.6) is 0 Å². The molecule has 0 unspecified atom stereocenters. The molecule has 1 amide bonds. The summed E-state index contributed by atoms with van der Waals surface area (Å²) in [7, 11) is -3.13. The number of aliphatic imine (C=N–C) groups is 1. The van der Waals surface area contributed by atoms with E-state index < -0.39 is 15.7 Å². The average molecular weight is 411 g/mol. The second-order valence-corrected chi connectivity index (χ2v) is 11.0. The molecule has 2 aliphatic heterocycles. The van der Waals surface area contributed by atoms with Gasteiger partial charge < -0.3 is 4.90 Å². The second kappa shape index (κ2) is 7.54. The van der Waals surface area contributed by atoms with Crippen molar-refractivity contribution in [3.05, 3.63) is 30.1 Å². The Labute approximate surface area is 163 Å². The summed E-state index contributed by atoms with van der Waals surface area (Å²) in [5.41, 5.74) is 0.550. The van der Waals surface area contributed by atoms with Crippen LogP contribution in [0.4, 0.5) is 10.1 Å². The Morgan fingerprint density at radius 1 is 1.26 bits per heavy atom. The van der Waals surface area contributed by atoms with E-state index in [-0.39, 0.29) is 28.7 Å². The summed E-state index contributed by atoms with van der Waals surface area (Å²) < 4.78 is 37.8. The summed E-state index contributed by atoms with van der Waals surface area (Å²) in [6.07, 6.45) is 6.15. The Kier molecular flexibility index (Phi) is 5.29. The number of amides is 1. The van der Waals surface area contributed by atoms with Crippen LogP contribution in [0.15, 0.2) is 29.3 Å². The minimum Gasteiger partial charge on any atom is -0.315 e. The number of amidine groups is 1. The molecule has 0 N–H and O–H groups in total. The van der Waals surface area contributed by atoms with Crippen LogP contribution in [0.3, 0.4) is 0 Å². The molecule has 0 spiro atoms. The number of fused-ring (bicyclic) bond motifs is 1. The Balaban J connectivity index is 1.55. The van der Waals surface area contributed by atoms with Gasteiger partial charge in [-0.15, -0.1) is 0 Å². The molecule has 1 saturated carbocycles. The number of sulfone groups is 1. The van der Waals surface area contributed by atoms with Crippen LogP contribution in [0.1, 0.15) is 38.5 Å². The maximum absolute atomic E-state index is 13.7. The first-order valence-corrected chi connectivity index (χ1v) is 12.1. The maximum atomic E-state index is 13.7. The summed E-state index contributed by atoms with van der Waals surface area (Å²) in [6, 6.07) is 5.73.